The minimum Gasteiger partial charge on any atom is -0.481 e. The molecule has 0 unspecified atom stereocenters. The van der Waals surface area contributed by atoms with Gasteiger partial charge in [-0.05, 0) is 0 Å². The number of hydrogen-bond donors (Lipinski definition) is 2. The molecule has 0 spiro atoms. The van der Waals surface area contributed by atoms with Gasteiger partial charge in [-0.1, -0.05) is 0 Å². The maximum atomic E-state index is 11.7. The molecule has 0 fully saturated rings. The van der Waals surface area contributed by atoms with Gasteiger partial charge in [0.1, 0.15) is 0 Å². The summed E-state index contributed by atoms with van der Waals surface area (Å²) >= 11 is 0. The first-order chi connectivity index (χ1) is 4.57. The summed E-state index contributed by atoms with van der Waals surface area (Å²) in [7, 11) is 0. The molecule has 0 amide bonds. The molecule has 0 heterocycles. The Morgan fingerprint density at radius 3 is 2.20 bits per heavy atom. The molecule has 0 aromatic carbocycles. The van der Waals surface area contributed by atoms with Gasteiger partial charge in [-0.25, -0.2) is 8.78 Å². The van der Waals surface area contributed by atoms with Gasteiger partial charge in [-0.3, -0.25) is 4.79 Å². The first-order valence-corrected chi connectivity index (χ1v) is 2.78. The Hall–Kier alpha value is -0.710. The summed E-state index contributed by atoms with van der Waals surface area (Å²) in [4.78, 5) is 9.88. The Kier molecular flexibility index (Phi) is 3.87. The Bertz CT molecular complexity index is 118. The number of carboxylic acids is 1. The number of aliphatic carboxylic acids is 1. The van der Waals surface area contributed by atoms with E-state index in [-0.39, 0.29) is 6.54 Å². The van der Waals surface area contributed by atoms with E-state index < -0.39 is 24.7 Å². The molecule has 0 bridgehead atoms. The minimum atomic E-state index is -2.64. The van der Waals surface area contributed by atoms with Crippen molar-refractivity contribution in [2.75, 3.05) is 6.54 Å². The van der Waals surface area contributed by atoms with Crippen molar-refractivity contribution in [3.8, 4) is 0 Å². The lowest BCUT2D eigenvalue weighted by molar-refractivity contribution is -0.139. The van der Waals surface area contributed by atoms with Crippen LogP contribution in [0, 0.1) is 5.92 Å². The van der Waals surface area contributed by atoms with Gasteiger partial charge < -0.3 is 10.8 Å². The Labute approximate surface area is 56.8 Å². The molecule has 0 aliphatic heterocycles. The van der Waals surface area contributed by atoms with Crippen LogP contribution in [0.25, 0.3) is 0 Å². The molecule has 0 aliphatic carbocycles. The number of halogens is 2. The lowest BCUT2D eigenvalue weighted by atomic mass is 10.1. The fraction of sp³-hybridized carbons (Fsp3) is 0.800. The average molecular weight is 153 g/mol. The van der Waals surface area contributed by atoms with Crippen molar-refractivity contribution in [3.63, 3.8) is 0 Å². The van der Waals surface area contributed by atoms with Gasteiger partial charge in [-0.15, -0.1) is 0 Å². The first kappa shape index (κ1) is 9.29. The van der Waals surface area contributed by atoms with Crippen LogP contribution in [0.15, 0.2) is 0 Å². The van der Waals surface area contributed by atoms with Gasteiger partial charge >= 0.3 is 5.97 Å². The number of alkyl halides is 2. The van der Waals surface area contributed by atoms with Gasteiger partial charge in [-0.2, -0.15) is 0 Å². The molecular weight excluding hydrogens is 144 g/mol. The second-order valence-corrected chi connectivity index (χ2v) is 1.93. The summed E-state index contributed by atoms with van der Waals surface area (Å²) in [5, 5.41) is 8.07. The zero-order valence-electron chi connectivity index (χ0n) is 5.26. The molecule has 3 nitrogen and oxygen atoms in total. The third-order valence-corrected chi connectivity index (χ3v) is 1.10. The average Bonchev–Trinajstić information content (AvgIpc) is 1.81. The maximum Gasteiger partial charge on any atom is 0.303 e. The van der Waals surface area contributed by atoms with Crippen molar-refractivity contribution in [1.29, 1.82) is 0 Å². The molecule has 0 aliphatic rings. The van der Waals surface area contributed by atoms with Crippen LogP contribution >= 0.6 is 0 Å². The smallest absolute Gasteiger partial charge is 0.303 e. The molecule has 0 saturated carbocycles. The van der Waals surface area contributed by atoms with Crippen molar-refractivity contribution in [2.24, 2.45) is 11.7 Å². The molecular formula is C5H9F2NO2. The molecule has 1 atom stereocenters. The van der Waals surface area contributed by atoms with E-state index in [1.807, 2.05) is 0 Å². The molecule has 0 rings (SSSR count). The maximum absolute atomic E-state index is 11.7. The van der Waals surface area contributed by atoms with Crippen LogP contribution in [0.4, 0.5) is 8.78 Å². The highest BCUT2D eigenvalue weighted by molar-refractivity contribution is 5.67. The van der Waals surface area contributed by atoms with Crippen LogP contribution in [0.3, 0.4) is 0 Å². The molecule has 3 N–H and O–H groups in total. The second kappa shape index (κ2) is 4.16. The summed E-state index contributed by atoms with van der Waals surface area (Å²) in [6.45, 7) is -0.288. The normalized spacial score (nSPS) is 13.6. The highest BCUT2D eigenvalue weighted by atomic mass is 19.3. The summed E-state index contributed by atoms with van der Waals surface area (Å²) in [5.41, 5.74) is 4.88. The van der Waals surface area contributed by atoms with Gasteiger partial charge in [0.25, 0.3) is 0 Å². The summed E-state index contributed by atoms with van der Waals surface area (Å²) in [6.07, 6.45) is -3.20. The first-order valence-electron chi connectivity index (χ1n) is 2.78. The van der Waals surface area contributed by atoms with Gasteiger partial charge in [0.2, 0.25) is 6.43 Å². The molecule has 0 radical (unpaired) electrons. The third-order valence-electron chi connectivity index (χ3n) is 1.10. The van der Waals surface area contributed by atoms with Crippen LogP contribution in [-0.4, -0.2) is 24.0 Å². The summed E-state index contributed by atoms with van der Waals surface area (Å²) in [5.74, 6) is -2.45. The molecule has 0 aromatic heterocycles. The van der Waals surface area contributed by atoms with Crippen molar-refractivity contribution in [1.82, 2.24) is 0 Å². The number of hydrogen-bond acceptors (Lipinski definition) is 2. The fourth-order valence-corrected chi connectivity index (χ4v) is 0.500. The van der Waals surface area contributed by atoms with E-state index in [0.717, 1.165) is 0 Å². The Balaban J connectivity index is 3.71. The third kappa shape index (κ3) is 3.34. The molecule has 0 saturated heterocycles. The Morgan fingerprint density at radius 1 is 1.60 bits per heavy atom. The minimum absolute atomic E-state index is 0.288. The van der Waals surface area contributed by atoms with Crippen molar-refractivity contribution >= 4 is 5.97 Å². The summed E-state index contributed by atoms with van der Waals surface area (Å²) < 4.78 is 23.4. The molecule has 60 valence electrons. The summed E-state index contributed by atoms with van der Waals surface area (Å²) in [6, 6.07) is 0. The topological polar surface area (TPSA) is 63.3 Å². The van der Waals surface area contributed by atoms with Crippen molar-refractivity contribution in [2.45, 2.75) is 12.8 Å². The zero-order chi connectivity index (χ0) is 8.15. The predicted octanol–water partition coefficient (Wildman–Crippen LogP) is 0.301. The van der Waals surface area contributed by atoms with Crippen LogP contribution < -0.4 is 5.73 Å². The second-order valence-electron chi connectivity index (χ2n) is 1.93. The highest BCUT2D eigenvalue weighted by Crippen LogP contribution is 2.11. The lowest BCUT2D eigenvalue weighted by Gasteiger charge is -2.09. The van der Waals surface area contributed by atoms with E-state index in [1.165, 1.54) is 0 Å². The van der Waals surface area contributed by atoms with Gasteiger partial charge in [0.05, 0.1) is 6.42 Å². The van der Waals surface area contributed by atoms with Gasteiger partial charge in [0, 0.05) is 12.5 Å². The number of nitrogens with two attached hydrogens (primary N) is 1. The van der Waals surface area contributed by atoms with Crippen molar-refractivity contribution < 1.29 is 18.7 Å². The SMILES string of the molecule is NC[C@@H](CC(=O)O)C(F)F. The largest absolute Gasteiger partial charge is 0.481 e. The fourth-order valence-electron chi connectivity index (χ4n) is 0.500. The van der Waals surface area contributed by atoms with E-state index in [9.17, 15) is 13.6 Å². The molecule has 0 aromatic rings. The zero-order valence-corrected chi connectivity index (χ0v) is 5.26. The predicted molar refractivity (Wildman–Crippen MR) is 30.8 cm³/mol. The van der Waals surface area contributed by atoms with Crippen LogP contribution in [-0.2, 0) is 4.79 Å². The lowest BCUT2D eigenvalue weighted by Crippen LogP contribution is -2.24. The molecule has 5 heteroatoms. The number of rotatable bonds is 4. The quantitative estimate of drug-likeness (QED) is 0.610. The molecule has 10 heavy (non-hydrogen) atoms. The van der Waals surface area contributed by atoms with E-state index in [4.69, 9.17) is 10.8 Å². The van der Waals surface area contributed by atoms with E-state index in [2.05, 4.69) is 0 Å². The monoisotopic (exact) mass is 153 g/mol. The van der Waals surface area contributed by atoms with E-state index >= 15 is 0 Å². The van der Waals surface area contributed by atoms with Gasteiger partial charge in [0.15, 0.2) is 0 Å². The number of carboxylic acid groups (broad SMARTS) is 1. The van der Waals surface area contributed by atoms with E-state index in [1.54, 1.807) is 0 Å². The van der Waals surface area contributed by atoms with Crippen LogP contribution in [0.1, 0.15) is 6.42 Å². The van der Waals surface area contributed by atoms with E-state index in [0.29, 0.717) is 0 Å². The number of carbonyl (C=O) groups is 1. The van der Waals surface area contributed by atoms with Crippen molar-refractivity contribution in [3.05, 3.63) is 0 Å². The standard InChI is InChI=1S/C5H9F2NO2/c6-5(7)3(2-8)1-4(9)10/h3,5H,1-2,8H2,(H,9,10)/t3-/m1/s1. The van der Waals surface area contributed by atoms with Crippen LogP contribution in [0.5, 0.6) is 0 Å². The highest BCUT2D eigenvalue weighted by Gasteiger charge is 2.21. The van der Waals surface area contributed by atoms with Crippen LogP contribution in [0.2, 0.25) is 0 Å². The Morgan fingerprint density at radius 2 is 2.10 bits per heavy atom.